The first-order chi connectivity index (χ1) is 6.98. The molecule has 1 rings (SSSR count). The molecule has 1 nitrogen and oxygen atoms in total. The molecule has 92 valence electrons. The minimum absolute atomic E-state index is 0.107. The van der Waals surface area contributed by atoms with Crippen LogP contribution < -0.4 is 0 Å². The second-order valence-electron chi connectivity index (χ2n) is 7.16. The minimum Gasteiger partial charge on any atom is -0.249 e. The summed E-state index contributed by atoms with van der Waals surface area (Å²) in [5, 5.41) is 0. The highest BCUT2D eigenvalue weighted by Gasteiger charge is 2.39. The first-order valence-electron chi connectivity index (χ1n) is 5.92. The smallest absolute Gasteiger partial charge is 0.0798 e. The van der Waals surface area contributed by atoms with Gasteiger partial charge in [0.15, 0.2) is 0 Å². The third-order valence-electron chi connectivity index (χ3n) is 3.72. The highest BCUT2D eigenvalue weighted by atomic mass is 32.1. The molecule has 1 aromatic rings. The largest absolute Gasteiger partial charge is 0.249 e. The highest BCUT2D eigenvalue weighted by Crippen LogP contribution is 2.45. The van der Waals surface area contributed by atoms with Crippen LogP contribution in [-0.4, -0.2) is 4.98 Å². The average Bonchev–Trinajstić information content (AvgIpc) is 2.47. The van der Waals surface area contributed by atoms with Gasteiger partial charge in [-0.3, -0.25) is 0 Å². The fourth-order valence-corrected chi connectivity index (χ4v) is 2.62. The van der Waals surface area contributed by atoms with Gasteiger partial charge in [0.1, 0.15) is 0 Å². The summed E-state index contributed by atoms with van der Waals surface area (Å²) in [5.74, 6) is 0. The van der Waals surface area contributed by atoms with Crippen molar-refractivity contribution >= 4 is 11.3 Å². The van der Waals surface area contributed by atoms with Crippen LogP contribution in [-0.2, 0) is 10.8 Å². The zero-order valence-electron chi connectivity index (χ0n) is 11.9. The number of rotatable bonds is 1. The van der Waals surface area contributed by atoms with Crippen molar-refractivity contribution in [3.63, 3.8) is 0 Å². The van der Waals surface area contributed by atoms with Crippen molar-refractivity contribution in [3.8, 4) is 0 Å². The molecule has 0 radical (unpaired) electrons. The van der Waals surface area contributed by atoms with E-state index in [9.17, 15) is 0 Å². The minimum atomic E-state index is 0.107. The Bertz CT molecular complexity index is 361. The van der Waals surface area contributed by atoms with Crippen LogP contribution in [0.1, 0.15) is 66.0 Å². The second kappa shape index (κ2) is 3.83. The molecular formula is C14H25NS. The second-order valence-corrected chi connectivity index (χ2v) is 8.01. The molecule has 16 heavy (non-hydrogen) atoms. The fourth-order valence-electron chi connectivity index (χ4n) is 1.58. The first-order valence-corrected chi connectivity index (χ1v) is 6.80. The molecule has 0 N–H and O–H groups in total. The third kappa shape index (κ3) is 2.32. The van der Waals surface area contributed by atoms with Gasteiger partial charge in [0.2, 0.25) is 0 Å². The molecular weight excluding hydrogens is 214 g/mol. The van der Waals surface area contributed by atoms with E-state index in [4.69, 9.17) is 0 Å². The highest BCUT2D eigenvalue weighted by molar-refractivity contribution is 7.09. The van der Waals surface area contributed by atoms with E-state index >= 15 is 0 Å². The maximum absolute atomic E-state index is 4.64. The molecule has 0 saturated heterocycles. The summed E-state index contributed by atoms with van der Waals surface area (Å²) in [6.45, 7) is 18.3. The average molecular weight is 239 g/mol. The van der Waals surface area contributed by atoms with Crippen LogP contribution in [0.5, 0.6) is 0 Å². The topological polar surface area (TPSA) is 12.9 Å². The van der Waals surface area contributed by atoms with Gasteiger partial charge < -0.3 is 0 Å². The van der Waals surface area contributed by atoms with Gasteiger partial charge in [0.05, 0.1) is 11.2 Å². The fraction of sp³-hybridized carbons (Fsp3) is 0.786. The van der Waals surface area contributed by atoms with Gasteiger partial charge in [-0.1, -0.05) is 55.4 Å². The number of aromatic nitrogens is 1. The van der Waals surface area contributed by atoms with E-state index in [1.165, 1.54) is 10.6 Å². The van der Waals surface area contributed by atoms with Crippen molar-refractivity contribution in [1.82, 2.24) is 4.98 Å². The number of hydrogen-bond acceptors (Lipinski definition) is 2. The molecule has 1 aromatic heterocycles. The van der Waals surface area contributed by atoms with Crippen molar-refractivity contribution < 1.29 is 0 Å². The van der Waals surface area contributed by atoms with Crippen LogP contribution in [0.25, 0.3) is 0 Å². The van der Waals surface area contributed by atoms with E-state index < -0.39 is 0 Å². The van der Waals surface area contributed by atoms with E-state index in [1.807, 2.05) is 5.51 Å². The summed E-state index contributed by atoms with van der Waals surface area (Å²) in [5.41, 5.74) is 3.79. The zero-order valence-corrected chi connectivity index (χ0v) is 12.7. The third-order valence-corrected chi connectivity index (χ3v) is 4.97. The summed E-state index contributed by atoms with van der Waals surface area (Å²) >= 11 is 1.79. The number of nitrogens with zero attached hydrogens (tertiary/aromatic N) is 1. The molecule has 0 aliphatic carbocycles. The van der Waals surface area contributed by atoms with Crippen molar-refractivity contribution in [2.45, 2.75) is 66.2 Å². The molecule has 0 bridgehead atoms. The monoisotopic (exact) mass is 239 g/mol. The van der Waals surface area contributed by atoms with Gasteiger partial charge >= 0.3 is 0 Å². The first kappa shape index (κ1) is 13.7. The van der Waals surface area contributed by atoms with E-state index in [-0.39, 0.29) is 16.2 Å². The van der Waals surface area contributed by atoms with Crippen LogP contribution in [0.4, 0.5) is 0 Å². The molecule has 0 aromatic carbocycles. The van der Waals surface area contributed by atoms with Crippen LogP contribution >= 0.6 is 11.3 Å². The molecule has 0 saturated carbocycles. The molecule has 0 atom stereocenters. The molecule has 0 aliphatic rings. The maximum atomic E-state index is 4.64. The van der Waals surface area contributed by atoms with Gasteiger partial charge in [0, 0.05) is 10.3 Å². The Morgan fingerprint density at radius 3 is 1.81 bits per heavy atom. The molecule has 0 spiro atoms. The summed E-state index contributed by atoms with van der Waals surface area (Å²) in [6.07, 6.45) is 0. The predicted molar refractivity (Wildman–Crippen MR) is 73.3 cm³/mol. The summed E-state index contributed by atoms with van der Waals surface area (Å²) in [6, 6.07) is 0. The van der Waals surface area contributed by atoms with Crippen LogP contribution in [0.2, 0.25) is 0 Å². The zero-order chi connectivity index (χ0) is 12.8. The van der Waals surface area contributed by atoms with Crippen LogP contribution in [0, 0.1) is 5.41 Å². The SMILES string of the molecule is CC(C)(C)c1scnc1C(C)(C)C(C)(C)C. The van der Waals surface area contributed by atoms with Gasteiger partial charge in [-0.05, 0) is 10.8 Å². The van der Waals surface area contributed by atoms with Gasteiger partial charge in [-0.25, -0.2) is 4.98 Å². The summed E-state index contributed by atoms with van der Waals surface area (Å²) in [7, 11) is 0. The summed E-state index contributed by atoms with van der Waals surface area (Å²) in [4.78, 5) is 6.06. The lowest BCUT2D eigenvalue weighted by molar-refractivity contribution is 0.217. The van der Waals surface area contributed by atoms with E-state index in [0.29, 0.717) is 0 Å². The Balaban J connectivity index is 3.31. The van der Waals surface area contributed by atoms with Crippen molar-refractivity contribution in [2.75, 3.05) is 0 Å². The molecule has 0 fully saturated rings. The van der Waals surface area contributed by atoms with E-state index in [0.717, 1.165) is 0 Å². The Labute approximate surface area is 104 Å². The van der Waals surface area contributed by atoms with Crippen LogP contribution in [0.15, 0.2) is 5.51 Å². The Morgan fingerprint density at radius 2 is 1.44 bits per heavy atom. The predicted octanol–water partition coefficient (Wildman–Crippen LogP) is 4.76. The van der Waals surface area contributed by atoms with Crippen molar-refractivity contribution in [2.24, 2.45) is 5.41 Å². The maximum Gasteiger partial charge on any atom is 0.0798 e. The Kier molecular flexibility index (Phi) is 3.28. The van der Waals surface area contributed by atoms with Gasteiger partial charge in [-0.15, -0.1) is 11.3 Å². The normalized spacial score (nSPS) is 14.2. The Hall–Kier alpha value is -0.370. The number of hydrogen-bond donors (Lipinski definition) is 0. The lowest BCUT2D eigenvalue weighted by Crippen LogP contribution is -2.36. The molecule has 2 heteroatoms. The lowest BCUT2D eigenvalue weighted by Gasteiger charge is -2.39. The number of thiazole rings is 1. The van der Waals surface area contributed by atoms with Crippen molar-refractivity contribution in [3.05, 3.63) is 16.1 Å². The standard InChI is InChI=1S/C14H25NS/c1-12(2,3)11-10(15-9-16-11)14(7,8)13(4,5)6/h9H,1-8H3. The Morgan fingerprint density at radius 1 is 0.938 bits per heavy atom. The quantitative estimate of drug-likeness (QED) is 0.688. The molecule has 1 heterocycles. The van der Waals surface area contributed by atoms with Gasteiger partial charge in [0.25, 0.3) is 0 Å². The van der Waals surface area contributed by atoms with E-state index in [1.54, 1.807) is 11.3 Å². The summed E-state index contributed by atoms with van der Waals surface area (Å²) < 4.78 is 0. The van der Waals surface area contributed by atoms with Gasteiger partial charge in [-0.2, -0.15) is 0 Å². The van der Waals surface area contributed by atoms with E-state index in [2.05, 4.69) is 60.4 Å². The molecule has 0 aliphatic heterocycles. The molecule has 0 amide bonds. The molecule has 0 unspecified atom stereocenters. The lowest BCUT2D eigenvalue weighted by atomic mass is 9.66. The van der Waals surface area contributed by atoms with Crippen molar-refractivity contribution in [1.29, 1.82) is 0 Å². The van der Waals surface area contributed by atoms with Crippen LogP contribution in [0.3, 0.4) is 0 Å².